The first-order valence-corrected chi connectivity index (χ1v) is 8.42. The average molecular weight is 360 g/mol. The van der Waals surface area contributed by atoms with E-state index >= 15 is 0 Å². The van der Waals surface area contributed by atoms with Gasteiger partial charge in [-0.05, 0) is 60.7 Å². The summed E-state index contributed by atoms with van der Waals surface area (Å²) in [6.45, 7) is 0. The third-order valence-corrected chi connectivity index (χ3v) is 3.98. The lowest BCUT2D eigenvalue weighted by Crippen LogP contribution is -2.29. The van der Waals surface area contributed by atoms with Crippen LogP contribution >= 0.6 is 0 Å². The van der Waals surface area contributed by atoms with E-state index in [2.05, 4.69) is 4.99 Å². The van der Waals surface area contributed by atoms with Gasteiger partial charge >= 0.3 is 0 Å². The highest BCUT2D eigenvalue weighted by Gasteiger charge is 2.16. The van der Waals surface area contributed by atoms with Gasteiger partial charge in [0.25, 0.3) is 5.91 Å². The fourth-order valence-electron chi connectivity index (χ4n) is 2.49. The molecule has 0 radical (unpaired) electrons. The van der Waals surface area contributed by atoms with Gasteiger partial charge in [-0.1, -0.05) is 18.2 Å². The fourth-order valence-corrected chi connectivity index (χ4v) is 2.49. The van der Waals surface area contributed by atoms with Gasteiger partial charge in [-0.2, -0.15) is 0 Å². The number of carbonyl (C=O) groups is 1. The van der Waals surface area contributed by atoms with E-state index in [4.69, 9.17) is 9.47 Å². The number of hydrogen-bond acceptors (Lipinski definition) is 4. The van der Waals surface area contributed by atoms with Gasteiger partial charge in [0.2, 0.25) is 0 Å². The number of rotatable bonds is 6. The molecular formula is C22H20N2O3. The summed E-state index contributed by atoms with van der Waals surface area (Å²) < 4.78 is 10.3. The standard InChI is InChI=1S/C22H20N2O3/c1-26-20-12-8-18(9-13-20)23-16-24(19-10-14-21(27-2)15-11-19)22(25)17-6-4-3-5-7-17/h3-16H,1-2H3. The molecule has 0 aliphatic heterocycles. The van der Waals surface area contributed by atoms with Crippen molar-refractivity contribution in [2.75, 3.05) is 19.1 Å². The minimum Gasteiger partial charge on any atom is -0.497 e. The molecule has 0 aliphatic carbocycles. The number of hydrogen-bond donors (Lipinski definition) is 0. The van der Waals surface area contributed by atoms with Crippen LogP contribution in [0, 0.1) is 0 Å². The zero-order valence-corrected chi connectivity index (χ0v) is 15.2. The van der Waals surface area contributed by atoms with Crippen molar-refractivity contribution >= 4 is 23.6 Å². The molecule has 0 saturated heterocycles. The van der Waals surface area contributed by atoms with Gasteiger partial charge in [0.1, 0.15) is 17.8 Å². The molecule has 0 aliphatic rings. The molecule has 27 heavy (non-hydrogen) atoms. The first kappa shape index (κ1) is 18.2. The second-order valence-electron chi connectivity index (χ2n) is 5.68. The quantitative estimate of drug-likeness (QED) is 0.472. The summed E-state index contributed by atoms with van der Waals surface area (Å²) in [6, 6.07) is 23.7. The lowest BCUT2D eigenvalue weighted by molar-refractivity contribution is 0.100. The van der Waals surface area contributed by atoms with Crippen molar-refractivity contribution < 1.29 is 14.3 Å². The van der Waals surface area contributed by atoms with Crippen molar-refractivity contribution in [2.45, 2.75) is 0 Å². The SMILES string of the molecule is COc1ccc(N=CN(C(=O)c2ccccc2)c2ccc(OC)cc2)cc1. The molecule has 1 amide bonds. The fraction of sp³-hybridized carbons (Fsp3) is 0.0909. The highest BCUT2D eigenvalue weighted by atomic mass is 16.5. The third kappa shape index (κ3) is 4.52. The molecule has 0 N–H and O–H groups in total. The Kier molecular flexibility index (Phi) is 5.84. The number of nitrogens with zero attached hydrogens (tertiary/aromatic N) is 2. The lowest BCUT2D eigenvalue weighted by Gasteiger charge is -2.18. The highest BCUT2D eigenvalue weighted by molar-refractivity contribution is 6.16. The summed E-state index contributed by atoms with van der Waals surface area (Å²) in [7, 11) is 3.22. The third-order valence-electron chi connectivity index (χ3n) is 3.98. The van der Waals surface area contributed by atoms with E-state index in [-0.39, 0.29) is 5.91 Å². The van der Waals surface area contributed by atoms with Crippen molar-refractivity contribution in [1.82, 2.24) is 0 Å². The van der Waals surface area contributed by atoms with Gasteiger partial charge in [0.05, 0.1) is 25.6 Å². The van der Waals surface area contributed by atoms with Crippen LogP contribution in [-0.4, -0.2) is 26.5 Å². The van der Waals surface area contributed by atoms with Crippen molar-refractivity contribution in [3.8, 4) is 11.5 Å². The van der Waals surface area contributed by atoms with E-state index < -0.39 is 0 Å². The minimum atomic E-state index is -0.168. The Morgan fingerprint density at radius 1 is 0.815 bits per heavy atom. The van der Waals surface area contributed by atoms with E-state index in [1.54, 1.807) is 26.4 Å². The number of anilines is 1. The molecule has 0 heterocycles. The molecule has 3 aromatic carbocycles. The van der Waals surface area contributed by atoms with Crippen molar-refractivity contribution in [2.24, 2.45) is 4.99 Å². The van der Waals surface area contributed by atoms with Crippen LogP contribution < -0.4 is 14.4 Å². The topological polar surface area (TPSA) is 51.1 Å². The largest absolute Gasteiger partial charge is 0.497 e. The molecule has 5 heteroatoms. The monoisotopic (exact) mass is 360 g/mol. The van der Waals surface area contributed by atoms with E-state index in [0.717, 1.165) is 17.2 Å². The van der Waals surface area contributed by atoms with Crippen LogP contribution in [0.4, 0.5) is 11.4 Å². The predicted octanol–water partition coefficient (Wildman–Crippen LogP) is 4.71. The van der Waals surface area contributed by atoms with E-state index in [1.807, 2.05) is 66.7 Å². The molecule has 0 atom stereocenters. The summed E-state index contributed by atoms with van der Waals surface area (Å²) in [4.78, 5) is 19.0. The summed E-state index contributed by atoms with van der Waals surface area (Å²) in [5.41, 5.74) is 1.99. The van der Waals surface area contributed by atoms with Crippen molar-refractivity contribution in [3.63, 3.8) is 0 Å². The zero-order valence-electron chi connectivity index (χ0n) is 15.2. The van der Waals surface area contributed by atoms with Crippen LogP contribution in [-0.2, 0) is 0 Å². The normalized spacial score (nSPS) is 10.6. The summed E-state index contributed by atoms with van der Waals surface area (Å²) >= 11 is 0. The maximum Gasteiger partial charge on any atom is 0.263 e. The average Bonchev–Trinajstić information content (AvgIpc) is 2.75. The van der Waals surface area contributed by atoms with Crippen LogP contribution in [0.15, 0.2) is 83.9 Å². The smallest absolute Gasteiger partial charge is 0.263 e. The maximum atomic E-state index is 13.0. The number of ether oxygens (including phenoxy) is 2. The Balaban J connectivity index is 1.92. The van der Waals surface area contributed by atoms with Gasteiger partial charge in [-0.25, -0.2) is 4.99 Å². The Morgan fingerprint density at radius 3 is 1.93 bits per heavy atom. The van der Waals surface area contributed by atoms with Crippen molar-refractivity contribution in [1.29, 1.82) is 0 Å². The van der Waals surface area contributed by atoms with Gasteiger partial charge in [-0.3, -0.25) is 9.69 Å². The highest BCUT2D eigenvalue weighted by Crippen LogP contribution is 2.22. The minimum absolute atomic E-state index is 0.168. The van der Waals surface area contributed by atoms with Gasteiger partial charge in [0, 0.05) is 5.56 Å². The molecule has 3 rings (SSSR count). The molecule has 0 fully saturated rings. The van der Waals surface area contributed by atoms with Gasteiger partial charge in [0.15, 0.2) is 0 Å². The molecule has 0 bridgehead atoms. The predicted molar refractivity (Wildman–Crippen MR) is 107 cm³/mol. The van der Waals surface area contributed by atoms with Crippen LogP contribution in [0.25, 0.3) is 0 Å². The van der Waals surface area contributed by atoms with Crippen LogP contribution in [0.3, 0.4) is 0 Å². The van der Waals surface area contributed by atoms with Gasteiger partial charge in [-0.15, -0.1) is 0 Å². The maximum absolute atomic E-state index is 13.0. The Bertz CT molecular complexity index is 905. The van der Waals surface area contributed by atoms with Gasteiger partial charge < -0.3 is 9.47 Å². The number of amides is 1. The summed E-state index contributed by atoms with van der Waals surface area (Å²) in [5.74, 6) is 1.30. The van der Waals surface area contributed by atoms with Crippen LogP contribution in [0.2, 0.25) is 0 Å². The number of aliphatic imine (C=N–C) groups is 1. The molecule has 3 aromatic rings. The molecular weight excluding hydrogens is 340 g/mol. The number of methoxy groups -OCH3 is 2. The molecule has 5 nitrogen and oxygen atoms in total. The Morgan fingerprint density at radius 2 is 1.37 bits per heavy atom. The zero-order chi connectivity index (χ0) is 19.1. The molecule has 0 unspecified atom stereocenters. The summed E-state index contributed by atoms with van der Waals surface area (Å²) in [6.07, 6.45) is 1.53. The molecule has 0 aromatic heterocycles. The van der Waals surface area contributed by atoms with Crippen molar-refractivity contribution in [3.05, 3.63) is 84.4 Å². The van der Waals surface area contributed by atoms with Crippen LogP contribution in [0.5, 0.6) is 11.5 Å². The van der Waals surface area contributed by atoms with E-state index in [1.165, 1.54) is 11.2 Å². The molecule has 0 saturated carbocycles. The Hall–Kier alpha value is -3.60. The molecule has 0 spiro atoms. The number of carbonyl (C=O) groups excluding carboxylic acids is 1. The lowest BCUT2D eigenvalue weighted by atomic mass is 10.2. The number of benzene rings is 3. The van der Waals surface area contributed by atoms with Crippen LogP contribution in [0.1, 0.15) is 10.4 Å². The Labute approximate surface area is 158 Å². The van der Waals surface area contributed by atoms with E-state index in [0.29, 0.717) is 11.3 Å². The first-order chi connectivity index (χ1) is 13.2. The second kappa shape index (κ2) is 8.67. The summed E-state index contributed by atoms with van der Waals surface area (Å²) in [5, 5.41) is 0. The molecule has 136 valence electrons. The second-order valence-corrected chi connectivity index (χ2v) is 5.68. The van der Waals surface area contributed by atoms with E-state index in [9.17, 15) is 4.79 Å². The first-order valence-electron chi connectivity index (χ1n) is 8.42.